The van der Waals surface area contributed by atoms with Crippen LogP contribution in [0.5, 0.6) is 0 Å². The minimum atomic E-state index is -0.480. The summed E-state index contributed by atoms with van der Waals surface area (Å²) in [5.74, 6) is 0.281. The van der Waals surface area contributed by atoms with Gasteiger partial charge in [-0.3, -0.25) is 14.7 Å². The maximum atomic E-state index is 14.4. The van der Waals surface area contributed by atoms with Gasteiger partial charge in [0.25, 0.3) is 5.91 Å². The highest BCUT2D eigenvalue weighted by Crippen LogP contribution is 2.34. The summed E-state index contributed by atoms with van der Waals surface area (Å²) in [6, 6.07) is 4.82. The van der Waals surface area contributed by atoms with Gasteiger partial charge in [0.1, 0.15) is 11.4 Å². The topological polar surface area (TPSA) is 70.9 Å². The number of hydrogen-bond donors (Lipinski definition) is 0. The van der Waals surface area contributed by atoms with Gasteiger partial charge >= 0.3 is 6.09 Å². The van der Waals surface area contributed by atoms with Gasteiger partial charge in [-0.2, -0.15) is 0 Å². The summed E-state index contributed by atoms with van der Waals surface area (Å²) in [7, 11) is 1.75. The molecule has 2 aliphatic heterocycles. The average molecular weight is 592 g/mol. The molecule has 2 fully saturated rings. The lowest BCUT2D eigenvalue weighted by Gasteiger charge is -2.45. The fraction of sp³-hybridized carbons (Fsp3) is 0.559. The summed E-state index contributed by atoms with van der Waals surface area (Å²) < 4.78 is 22.0. The first kappa shape index (κ1) is 31.0. The van der Waals surface area contributed by atoms with Crippen LogP contribution in [0.4, 0.5) is 9.18 Å². The molecule has 4 heterocycles. The predicted molar refractivity (Wildman–Crippen MR) is 167 cm³/mol. The quantitative estimate of drug-likeness (QED) is 0.334. The highest BCUT2D eigenvalue weighted by Gasteiger charge is 2.40. The Hall–Kier alpha value is -3.46. The highest BCUT2D eigenvalue weighted by atomic mass is 19.1. The summed E-state index contributed by atoms with van der Waals surface area (Å²) >= 11 is 0. The van der Waals surface area contributed by atoms with Gasteiger partial charge in [-0.15, -0.1) is 0 Å². The maximum absolute atomic E-state index is 14.4. The Balaban J connectivity index is 1.34. The molecular formula is C34H46FN5O3. The number of hydrogen-bond acceptors (Lipinski definition) is 5. The number of halogens is 1. The zero-order chi connectivity index (χ0) is 31.2. The van der Waals surface area contributed by atoms with E-state index in [2.05, 4.69) is 29.9 Å². The largest absolute Gasteiger partial charge is 0.444 e. The summed E-state index contributed by atoms with van der Waals surface area (Å²) in [4.78, 5) is 36.3. The first-order valence-electron chi connectivity index (χ1n) is 15.5. The molecule has 43 heavy (non-hydrogen) atoms. The van der Waals surface area contributed by atoms with E-state index in [9.17, 15) is 14.0 Å². The van der Waals surface area contributed by atoms with Crippen molar-refractivity contribution >= 4 is 22.9 Å². The number of amides is 2. The van der Waals surface area contributed by atoms with Gasteiger partial charge in [0.05, 0.1) is 23.0 Å². The molecule has 0 bridgehead atoms. The third-order valence-corrected chi connectivity index (χ3v) is 9.17. The summed E-state index contributed by atoms with van der Waals surface area (Å²) in [6.07, 6.45) is 7.63. The van der Waals surface area contributed by atoms with Crippen molar-refractivity contribution in [3.8, 4) is 5.69 Å². The molecule has 0 spiro atoms. The first-order chi connectivity index (χ1) is 20.2. The molecule has 0 aliphatic carbocycles. The number of nitrogens with zero attached hydrogens (tertiary/aromatic N) is 5. The molecule has 2 amide bonds. The molecule has 0 N–H and O–H groups in total. The number of carbonyl (C=O) groups is 2. The van der Waals surface area contributed by atoms with Crippen molar-refractivity contribution in [3.63, 3.8) is 0 Å². The van der Waals surface area contributed by atoms with Crippen molar-refractivity contribution in [2.75, 3.05) is 33.2 Å². The third-order valence-electron chi connectivity index (χ3n) is 9.17. The normalized spacial score (nSPS) is 18.7. The predicted octanol–water partition coefficient (Wildman–Crippen LogP) is 6.07. The van der Waals surface area contributed by atoms with Crippen molar-refractivity contribution in [1.82, 2.24) is 24.3 Å². The molecule has 2 aliphatic rings. The number of ether oxygens (including phenoxy) is 1. The Morgan fingerprint density at radius 2 is 1.86 bits per heavy atom. The van der Waals surface area contributed by atoms with E-state index < -0.39 is 11.4 Å². The number of aromatic nitrogens is 2. The van der Waals surface area contributed by atoms with Crippen LogP contribution in [0.25, 0.3) is 16.6 Å². The fourth-order valence-electron chi connectivity index (χ4n) is 6.41. The molecule has 0 radical (unpaired) electrons. The van der Waals surface area contributed by atoms with Crippen molar-refractivity contribution in [3.05, 3.63) is 59.3 Å². The smallest absolute Gasteiger partial charge is 0.410 e. The van der Waals surface area contributed by atoms with Crippen LogP contribution in [0, 0.1) is 24.6 Å². The number of likely N-dealkylation sites (tertiary alicyclic amines) is 2. The number of benzene rings is 1. The standard InChI is InChI=1S/C34H46FN5O3/c1-21(2)37(8)32(41)28-14-27(35)9-10-29(28)40-20-25(31-22(3)15-36-16-30(31)40)13-24-11-12-38(17-24)23(4)26-18-39(19-26)33(42)43-34(5,6)7/h9-10,14-16,20-21,23-24,26H,11-13,17-19H2,1-8H3/t23-,24-/m0/s1. The van der Waals surface area contributed by atoms with Crippen molar-refractivity contribution in [2.45, 2.75) is 79.0 Å². The Bertz CT molecular complexity index is 1500. The van der Waals surface area contributed by atoms with E-state index in [-0.39, 0.29) is 18.0 Å². The number of aryl methyl sites for hydroxylation is 1. The molecule has 232 valence electrons. The van der Waals surface area contributed by atoms with Crippen LogP contribution in [-0.4, -0.2) is 87.2 Å². The van der Waals surface area contributed by atoms with Crippen molar-refractivity contribution < 1.29 is 18.7 Å². The van der Waals surface area contributed by atoms with Crippen molar-refractivity contribution in [1.29, 1.82) is 0 Å². The molecule has 5 rings (SSSR count). The summed E-state index contributed by atoms with van der Waals surface area (Å²) in [5.41, 5.74) is 3.73. The second kappa shape index (κ2) is 11.9. The number of carbonyl (C=O) groups excluding carboxylic acids is 2. The van der Waals surface area contributed by atoms with E-state index in [1.165, 1.54) is 17.7 Å². The lowest BCUT2D eigenvalue weighted by Crippen LogP contribution is -2.58. The molecular weight excluding hydrogens is 545 g/mol. The summed E-state index contributed by atoms with van der Waals surface area (Å²) in [5, 5.41) is 1.15. The van der Waals surface area contributed by atoms with Crippen LogP contribution in [0.1, 0.15) is 69.4 Å². The molecule has 9 heteroatoms. The maximum Gasteiger partial charge on any atom is 0.410 e. The Labute approximate surface area is 254 Å². The van der Waals surface area contributed by atoms with Gasteiger partial charge in [0.2, 0.25) is 0 Å². The molecule has 3 aromatic rings. The van der Waals surface area contributed by atoms with Crippen molar-refractivity contribution in [2.24, 2.45) is 11.8 Å². The van der Waals surface area contributed by atoms with Gasteiger partial charge in [-0.25, -0.2) is 9.18 Å². The Morgan fingerprint density at radius 3 is 2.53 bits per heavy atom. The zero-order valence-corrected chi connectivity index (χ0v) is 26.9. The number of fused-ring (bicyclic) bond motifs is 1. The third kappa shape index (κ3) is 6.42. The Kier molecular flexibility index (Phi) is 8.58. The average Bonchev–Trinajstić information content (AvgIpc) is 3.51. The lowest BCUT2D eigenvalue weighted by atomic mass is 9.92. The van der Waals surface area contributed by atoms with Crippen LogP contribution in [0.15, 0.2) is 36.8 Å². The molecule has 2 atom stereocenters. The van der Waals surface area contributed by atoms with Gasteiger partial charge < -0.3 is 19.1 Å². The molecule has 2 aromatic heterocycles. The monoisotopic (exact) mass is 591 g/mol. The minimum absolute atomic E-state index is 0.0162. The van der Waals surface area contributed by atoms with E-state index in [1.807, 2.05) is 51.6 Å². The van der Waals surface area contributed by atoms with E-state index in [4.69, 9.17) is 4.74 Å². The second-order valence-corrected chi connectivity index (χ2v) is 13.8. The van der Waals surface area contributed by atoms with Gasteiger partial charge in [-0.1, -0.05) is 0 Å². The first-order valence-corrected chi connectivity index (χ1v) is 15.5. The van der Waals surface area contributed by atoms with Crippen LogP contribution >= 0.6 is 0 Å². The van der Waals surface area contributed by atoms with E-state index in [0.717, 1.165) is 55.5 Å². The molecule has 8 nitrogen and oxygen atoms in total. The molecule has 0 saturated carbocycles. The lowest BCUT2D eigenvalue weighted by molar-refractivity contribution is -0.0154. The minimum Gasteiger partial charge on any atom is -0.444 e. The molecule has 0 unspecified atom stereocenters. The Morgan fingerprint density at radius 1 is 1.14 bits per heavy atom. The number of rotatable bonds is 7. The van der Waals surface area contributed by atoms with Gasteiger partial charge in [-0.05, 0) is 103 Å². The van der Waals surface area contributed by atoms with Gasteiger partial charge in [0, 0.05) is 62.5 Å². The fourth-order valence-corrected chi connectivity index (χ4v) is 6.41. The highest BCUT2D eigenvalue weighted by molar-refractivity contribution is 5.99. The molecule has 2 saturated heterocycles. The van der Waals surface area contributed by atoms with E-state index >= 15 is 0 Å². The van der Waals surface area contributed by atoms with Crippen LogP contribution in [0.3, 0.4) is 0 Å². The number of pyridine rings is 1. The SMILES string of the molecule is Cc1cncc2c1c(C[C@@H]1CCN([C@@H](C)C3CN(C(=O)OC(C)(C)C)C3)C1)cn2-c1ccc(F)cc1C(=O)N(C)C(C)C. The van der Waals surface area contributed by atoms with E-state index in [1.54, 1.807) is 22.9 Å². The van der Waals surface area contributed by atoms with Crippen LogP contribution in [-0.2, 0) is 11.2 Å². The van der Waals surface area contributed by atoms with Crippen LogP contribution < -0.4 is 0 Å². The zero-order valence-electron chi connectivity index (χ0n) is 26.9. The van der Waals surface area contributed by atoms with E-state index in [0.29, 0.717) is 29.1 Å². The summed E-state index contributed by atoms with van der Waals surface area (Å²) in [6.45, 7) is 17.4. The van der Waals surface area contributed by atoms with Crippen LogP contribution in [0.2, 0.25) is 0 Å². The van der Waals surface area contributed by atoms with Gasteiger partial charge in [0.15, 0.2) is 0 Å². The second-order valence-electron chi connectivity index (χ2n) is 13.8. The molecule has 1 aromatic carbocycles.